The maximum Gasteiger partial charge on any atom is 0.586 e. The average molecular weight is 450 g/mol. The van der Waals surface area contributed by atoms with Gasteiger partial charge in [-0.05, 0) is 90.4 Å². The number of hydrogen-bond acceptors (Lipinski definition) is 4. The standard InChI is InChI=1S/C26H22F2N2O3.H2/c1-15-2-5-19(14-20(15)16-3-6-21-17(12-16)8-11-29-21)30-24(31)25(9-10-25)18-4-7-22-23(13-18)33-26(27,28)32-22;/h2-7,12-14,29H,8-11H2,1H3,(H,30,31);1H. The molecule has 3 aliphatic rings. The first-order valence-electron chi connectivity index (χ1n) is 11.0. The zero-order chi connectivity index (χ0) is 22.8. The van der Waals surface area contributed by atoms with Crippen LogP contribution in [-0.4, -0.2) is 18.7 Å². The van der Waals surface area contributed by atoms with Crippen molar-refractivity contribution in [2.45, 2.75) is 37.9 Å². The Hall–Kier alpha value is -3.61. The van der Waals surface area contributed by atoms with Gasteiger partial charge in [-0.3, -0.25) is 4.79 Å². The molecule has 0 bridgehead atoms. The summed E-state index contributed by atoms with van der Waals surface area (Å²) < 4.78 is 35.8. The normalized spacial score (nSPS) is 18.4. The molecule has 1 saturated carbocycles. The van der Waals surface area contributed by atoms with Crippen molar-refractivity contribution in [3.8, 4) is 22.6 Å². The second-order valence-corrected chi connectivity index (χ2v) is 8.94. The average Bonchev–Trinajstić information content (AvgIpc) is 3.35. The maximum atomic E-state index is 13.4. The molecule has 0 aromatic heterocycles. The number of carbonyl (C=O) groups excluding carboxylic acids is 1. The lowest BCUT2D eigenvalue weighted by atomic mass is 9.94. The van der Waals surface area contributed by atoms with E-state index in [0.29, 0.717) is 24.1 Å². The number of alkyl halides is 2. The van der Waals surface area contributed by atoms with Gasteiger partial charge in [-0.2, -0.15) is 0 Å². The Labute approximate surface area is 191 Å². The fourth-order valence-electron chi connectivity index (χ4n) is 4.75. The molecule has 3 aromatic carbocycles. The van der Waals surface area contributed by atoms with Crippen molar-refractivity contribution >= 4 is 17.3 Å². The summed E-state index contributed by atoms with van der Waals surface area (Å²) in [5.41, 5.74) is 6.39. The molecule has 2 N–H and O–H groups in total. The van der Waals surface area contributed by atoms with Crippen LogP contribution in [0.25, 0.3) is 11.1 Å². The van der Waals surface area contributed by atoms with E-state index in [2.05, 4.69) is 45.2 Å². The predicted octanol–water partition coefficient (Wildman–Crippen LogP) is 5.87. The number of aryl methyl sites for hydroxylation is 1. The van der Waals surface area contributed by atoms with E-state index in [9.17, 15) is 13.6 Å². The number of amides is 1. The van der Waals surface area contributed by atoms with Crippen LogP contribution in [0.15, 0.2) is 54.6 Å². The number of carbonyl (C=O) groups is 1. The molecule has 0 atom stereocenters. The molecular formula is C26H24F2N2O3. The van der Waals surface area contributed by atoms with Crippen molar-refractivity contribution in [1.29, 1.82) is 0 Å². The van der Waals surface area contributed by atoms with Gasteiger partial charge in [0.2, 0.25) is 5.91 Å². The molecule has 1 aliphatic carbocycles. The molecule has 3 aromatic rings. The molecule has 170 valence electrons. The maximum absolute atomic E-state index is 13.4. The van der Waals surface area contributed by atoms with E-state index in [1.165, 1.54) is 23.4 Å². The van der Waals surface area contributed by atoms with Crippen LogP contribution in [0.2, 0.25) is 0 Å². The molecule has 2 aliphatic heterocycles. The van der Waals surface area contributed by atoms with Crippen LogP contribution in [0.5, 0.6) is 11.5 Å². The molecule has 0 unspecified atom stereocenters. The minimum absolute atomic E-state index is 0. The summed E-state index contributed by atoms with van der Waals surface area (Å²) >= 11 is 0. The summed E-state index contributed by atoms with van der Waals surface area (Å²) in [7, 11) is 0. The third-order valence-corrected chi connectivity index (χ3v) is 6.76. The highest BCUT2D eigenvalue weighted by molar-refractivity contribution is 6.02. The molecular weight excluding hydrogens is 426 g/mol. The van der Waals surface area contributed by atoms with Crippen molar-refractivity contribution in [1.82, 2.24) is 0 Å². The summed E-state index contributed by atoms with van der Waals surface area (Å²) in [6.07, 6.45) is -1.38. The minimum atomic E-state index is -3.67. The summed E-state index contributed by atoms with van der Waals surface area (Å²) in [5, 5.41) is 6.42. The topological polar surface area (TPSA) is 59.6 Å². The van der Waals surface area contributed by atoms with E-state index in [1.807, 2.05) is 18.2 Å². The summed E-state index contributed by atoms with van der Waals surface area (Å²) in [6, 6.07) is 16.9. The molecule has 7 heteroatoms. The molecule has 33 heavy (non-hydrogen) atoms. The third-order valence-electron chi connectivity index (χ3n) is 6.76. The van der Waals surface area contributed by atoms with Gasteiger partial charge in [0.1, 0.15) is 0 Å². The van der Waals surface area contributed by atoms with Gasteiger partial charge in [-0.15, -0.1) is 8.78 Å². The lowest BCUT2D eigenvalue weighted by Crippen LogP contribution is -2.28. The molecule has 0 radical (unpaired) electrons. The number of halogens is 2. The third kappa shape index (κ3) is 3.39. The zero-order valence-corrected chi connectivity index (χ0v) is 18.0. The van der Waals surface area contributed by atoms with Crippen LogP contribution in [0.4, 0.5) is 20.2 Å². The Kier molecular flexibility index (Phi) is 4.21. The van der Waals surface area contributed by atoms with Gasteiger partial charge in [0.05, 0.1) is 5.41 Å². The van der Waals surface area contributed by atoms with Crippen LogP contribution in [-0.2, 0) is 16.6 Å². The Morgan fingerprint density at radius 2 is 1.85 bits per heavy atom. The fraction of sp³-hybridized carbons (Fsp3) is 0.269. The van der Waals surface area contributed by atoms with E-state index in [4.69, 9.17) is 0 Å². The Morgan fingerprint density at radius 3 is 2.67 bits per heavy atom. The first-order chi connectivity index (χ1) is 15.8. The van der Waals surface area contributed by atoms with E-state index in [0.717, 1.165) is 29.7 Å². The van der Waals surface area contributed by atoms with E-state index >= 15 is 0 Å². The molecule has 6 rings (SSSR count). The second kappa shape index (κ2) is 6.94. The molecule has 5 nitrogen and oxygen atoms in total. The largest absolute Gasteiger partial charge is 0.586 e. The number of benzene rings is 3. The highest BCUT2D eigenvalue weighted by Crippen LogP contribution is 2.52. The van der Waals surface area contributed by atoms with Crippen molar-refractivity contribution in [2.24, 2.45) is 0 Å². The zero-order valence-electron chi connectivity index (χ0n) is 18.0. The summed E-state index contributed by atoms with van der Waals surface area (Å²) in [5.74, 6) is -0.214. The quantitative estimate of drug-likeness (QED) is 0.522. The van der Waals surface area contributed by atoms with Gasteiger partial charge in [-0.25, -0.2) is 0 Å². The van der Waals surface area contributed by atoms with Crippen LogP contribution >= 0.6 is 0 Å². The van der Waals surface area contributed by atoms with E-state index in [-0.39, 0.29) is 18.8 Å². The smallest absolute Gasteiger partial charge is 0.395 e. The fourth-order valence-corrected chi connectivity index (χ4v) is 4.75. The van der Waals surface area contributed by atoms with E-state index < -0.39 is 11.7 Å². The first-order valence-corrected chi connectivity index (χ1v) is 11.0. The lowest BCUT2D eigenvalue weighted by Gasteiger charge is -2.17. The van der Waals surface area contributed by atoms with Gasteiger partial charge < -0.3 is 20.1 Å². The molecule has 0 spiro atoms. The van der Waals surface area contributed by atoms with Crippen LogP contribution in [0.1, 0.15) is 31.0 Å². The molecule has 1 fully saturated rings. The molecule has 1 amide bonds. The first kappa shape index (κ1) is 20.0. The number of anilines is 2. The Morgan fingerprint density at radius 1 is 1.03 bits per heavy atom. The van der Waals surface area contributed by atoms with Gasteiger partial charge in [0.15, 0.2) is 11.5 Å². The lowest BCUT2D eigenvalue weighted by molar-refractivity contribution is -0.286. The highest BCUT2D eigenvalue weighted by Gasteiger charge is 2.52. The van der Waals surface area contributed by atoms with Gasteiger partial charge in [0.25, 0.3) is 0 Å². The highest BCUT2D eigenvalue weighted by atomic mass is 19.3. The van der Waals surface area contributed by atoms with Gasteiger partial charge >= 0.3 is 6.29 Å². The number of hydrogen-bond donors (Lipinski definition) is 2. The van der Waals surface area contributed by atoms with Gasteiger partial charge in [-0.1, -0.05) is 18.2 Å². The molecule has 2 heterocycles. The second-order valence-electron chi connectivity index (χ2n) is 8.94. The van der Waals surface area contributed by atoms with Gasteiger partial charge in [0, 0.05) is 19.3 Å². The SMILES string of the molecule is Cc1ccc(NC(=O)C2(c3ccc4c(c3)OC(F)(F)O4)CC2)cc1-c1ccc2c(c1)CCN2.[HH]. The molecule has 0 saturated heterocycles. The van der Waals surface area contributed by atoms with Crippen LogP contribution in [0.3, 0.4) is 0 Å². The number of nitrogens with one attached hydrogen (secondary N) is 2. The Balaban J connectivity index is 0.00000241. The number of fused-ring (bicyclic) bond motifs is 2. The van der Waals surface area contributed by atoms with Crippen LogP contribution < -0.4 is 20.1 Å². The predicted molar refractivity (Wildman–Crippen MR) is 123 cm³/mol. The monoisotopic (exact) mass is 450 g/mol. The summed E-state index contributed by atoms with van der Waals surface area (Å²) in [4.78, 5) is 13.3. The van der Waals surface area contributed by atoms with E-state index in [1.54, 1.807) is 6.07 Å². The number of rotatable bonds is 4. The van der Waals surface area contributed by atoms with Crippen molar-refractivity contribution < 1.29 is 24.5 Å². The van der Waals surface area contributed by atoms with Crippen molar-refractivity contribution in [3.05, 3.63) is 71.3 Å². The van der Waals surface area contributed by atoms with Crippen molar-refractivity contribution in [3.63, 3.8) is 0 Å². The Bertz CT molecular complexity index is 1310. The van der Waals surface area contributed by atoms with Crippen LogP contribution in [0, 0.1) is 6.92 Å². The summed E-state index contributed by atoms with van der Waals surface area (Å²) in [6.45, 7) is 3.00. The minimum Gasteiger partial charge on any atom is -0.395 e. The van der Waals surface area contributed by atoms with Crippen molar-refractivity contribution in [2.75, 3.05) is 17.2 Å². The number of ether oxygens (including phenoxy) is 2.